The smallest absolute Gasteiger partial charge is 0.341 e. The monoisotopic (exact) mass is 441 g/mol. The molecule has 1 N–H and O–H groups in total. The number of aryl methyl sites for hydroxylation is 1. The largest absolute Gasteiger partial charge is 0.462 e. The van der Waals surface area contributed by atoms with E-state index in [0.717, 1.165) is 16.2 Å². The van der Waals surface area contributed by atoms with E-state index in [9.17, 15) is 27.2 Å². The maximum Gasteiger partial charge on any atom is 0.341 e. The SMILES string of the molecule is CCOC(=O)c1c(NC(=O)Cn2nc(C(F)F)c(Cl)c2C(F)F)sc(C)c1C. The predicted molar refractivity (Wildman–Crippen MR) is 95.5 cm³/mol. The molecule has 2 rings (SSSR count). The fraction of sp³-hybridized carbons (Fsp3) is 0.438. The van der Waals surface area contributed by atoms with E-state index in [2.05, 4.69) is 10.4 Å². The van der Waals surface area contributed by atoms with Gasteiger partial charge < -0.3 is 10.1 Å². The number of ether oxygens (including phenoxy) is 1. The molecule has 2 aromatic heterocycles. The van der Waals surface area contributed by atoms with Gasteiger partial charge >= 0.3 is 5.97 Å². The lowest BCUT2D eigenvalue weighted by Gasteiger charge is -2.09. The highest BCUT2D eigenvalue weighted by Crippen LogP contribution is 2.35. The highest BCUT2D eigenvalue weighted by atomic mass is 35.5. The van der Waals surface area contributed by atoms with E-state index in [1.165, 1.54) is 0 Å². The van der Waals surface area contributed by atoms with Gasteiger partial charge in [0, 0.05) is 4.88 Å². The molecule has 0 bridgehead atoms. The minimum atomic E-state index is -3.21. The van der Waals surface area contributed by atoms with Crippen molar-refractivity contribution in [2.24, 2.45) is 0 Å². The topological polar surface area (TPSA) is 73.2 Å². The van der Waals surface area contributed by atoms with Crippen LogP contribution in [0.2, 0.25) is 5.02 Å². The molecular weight excluding hydrogens is 426 g/mol. The van der Waals surface area contributed by atoms with Crippen molar-refractivity contribution in [3.8, 4) is 0 Å². The van der Waals surface area contributed by atoms with Crippen LogP contribution < -0.4 is 5.32 Å². The lowest BCUT2D eigenvalue weighted by Crippen LogP contribution is -2.22. The molecule has 0 spiro atoms. The molecule has 0 aliphatic heterocycles. The standard InChI is InChI=1S/C16H16ClF4N3O3S/c1-4-27-16(26)9-6(2)7(3)28-15(9)22-8(25)5-24-12(14(20)21)10(17)11(23-24)13(18)19/h13-14H,4-5H2,1-3H3,(H,22,25). The third-order valence-electron chi connectivity index (χ3n) is 3.78. The van der Waals surface area contributed by atoms with Gasteiger partial charge in [-0.25, -0.2) is 22.4 Å². The van der Waals surface area contributed by atoms with Gasteiger partial charge in [-0.2, -0.15) is 5.10 Å². The maximum absolute atomic E-state index is 13.2. The lowest BCUT2D eigenvalue weighted by atomic mass is 10.1. The summed E-state index contributed by atoms with van der Waals surface area (Å²) in [5.74, 6) is -1.48. The molecule has 0 aliphatic rings. The second-order valence-corrected chi connectivity index (χ2v) is 7.20. The number of amides is 1. The number of esters is 1. The molecule has 0 radical (unpaired) electrons. The quantitative estimate of drug-likeness (QED) is 0.489. The number of nitrogens with one attached hydrogen (secondary N) is 1. The number of rotatable bonds is 7. The van der Waals surface area contributed by atoms with Crippen molar-refractivity contribution in [3.63, 3.8) is 0 Å². The molecule has 0 saturated heterocycles. The Bertz CT molecular complexity index is 898. The second-order valence-electron chi connectivity index (χ2n) is 5.60. The van der Waals surface area contributed by atoms with Gasteiger partial charge in [-0.3, -0.25) is 9.48 Å². The Kier molecular flexibility index (Phi) is 7.05. The number of carbonyl (C=O) groups is 2. The predicted octanol–water partition coefficient (Wildman–Crippen LogP) is 4.91. The molecule has 0 atom stereocenters. The van der Waals surface area contributed by atoms with Crippen LogP contribution >= 0.6 is 22.9 Å². The molecule has 154 valence electrons. The van der Waals surface area contributed by atoms with Gasteiger partial charge in [0.25, 0.3) is 12.9 Å². The van der Waals surface area contributed by atoms with Crippen molar-refractivity contribution in [3.05, 3.63) is 32.4 Å². The second kappa shape index (κ2) is 8.91. The van der Waals surface area contributed by atoms with Crippen molar-refractivity contribution in [2.75, 3.05) is 11.9 Å². The number of alkyl halides is 4. The molecule has 6 nitrogen and oxygen atoms in total. The Morgan fingerprint density at radius 1 is 1.25 bits per heavy atom. The first kappa shape index (κ1) is 22.2. The number of halogens is 5. The van der Waals surface area contributed by atoms with Crippen LogP contribution in [0.15, 0.2) is 0 Å². The normalized spacial score (nSPS) is 11.4. The van der Waals surface area contributed by atoms with Crippen LogP contribution in [0.1, 0.15) is 52.0 Å². The molecule has 0 unspecified atom stereocenters. The van der Waals surface area contributed by atoms with E-state index in [0.29, 0.717) is 10.2 Å². The minimum Gasteiger partial charge on any atom is -0.462 e. The summed E-state index contributed by atoms with van der Waals surface area (Å²) in [7, 11) is 0. The summed E-state index contributed by atoms with van der Waals surface area (Å²) in [5, 5.41) is 5.04. The van der Waals surface area contributed by atoms with E-state index < -0.39 is 47.7 Å². The van der Waals surface area contributed by atoms with Gasteiger partial charge in [0.1, 0.15) is 22.9 Å². The van der Waals surface area contributed by atoms with Gasteiger partial charge in [-0.1, -0.05) is 11.6 Å². The number of carbonyl (C=O) groups excluding carboxylic acids is 2. The highest BCUT2D eigenvalue weighted by Gasteiger charge is 2.29. The number of hydrogen-bond acceptors (Lipinski definition) is 5. The molecule has 28 heavy (non-hydrogen) atoms. The fourth-order valence-corrected chi connectivity index (χ4v) is 3.77. The molecule has 0 aromatic carbocycles. The Morgan fingerprint density at radius 2 is 1.89 bits per heavy atom. The fourth-order valence-electron chi connectivity index (χ4n) is 2.41. The van der Waals surface area contributed by atoms with Crippen LogP contribution in [0.4, 0.5) is 22.6 Å². The Labute approximate surface area is 166 Å². The van der Waals surface area contributed by atoms with E-state index in [1.807, 2.05) is 0 Å². The van der Waals surface area contributed by atoms with Crippen LogP contribution in [0.25, 0.3) is 0 Å². The van der Waals surface area contributed by atoms with Crippen LogP contribution in [0.5, 0.6) is 0 Å². The van der Waals surface area contributed by atoms with Gasteiger partial charge in [-0.05, 0) is 26.3 Å². The molecule has 2 heterocycles. The average molecular weight is 442 g/mol. The molecule has 2 aromatic rings. The van der Waals surface area contributed by atoms with E-state index in [4.69, 9.17) is 16.3 Å². The van der Waals surface area contributed by atoms with E-state index in [-0.39, 0.29) is 17.2 Å². The van der Waals surface area contributed by atoms with Crippen molar-refractivity contribution < 1.29 is 31.9 Å². The number of hydrogen-bond donors (Lipinski definition) is 1. The average Bonchev–Trinajstić information content (AvgIpc) is 3.04. The van der Waals surface area contributed by atoms with Gasteiger partial charge in [0.2, 0.25) is 5.91 Å². The van der Waals surface area contributed by atoms with Crippen LogP contribution in [-0.2, 0) is 16.1 Å². The molecule has 0 saturated carbocycles. The van der Waals surface area contributed by atoms with Crippen LogP contribution in [0.3, 0.4) is 0 Å². The van der Waals surface area contributed by atoms with Gasteiger partial charge in [0.05, 0.1) is 17.2 Å². The summed E-state index contributed by atoms with van der Waals surface area (Å²) in [6.45, 7) is 4.36. The molecular formula is C16H16ClF4N3O3S. The molecule has 0 aliphatic carbocycles. The third-order valence-corrected chi connectivity index (χ3v) is 5.29. The minimum absolute atomic E-state index is 0.125. The van der Waals surface area contributed by atoms with Gasteiger partial charge in [-0.15, -0.1) is 11.3 Å². The summed E-state index contributed by atoms with van der Waals surface area (Å²) in [6.07, 6.45) is -6.38. The number of anilines is 1. The summed E-state index contributed by atoms with van der Waals surface area (Å²) >= 11 is 6.66. The summed E-state index contributed by atoms with van der Waals surface area (Å²) in [6, 6.07) is 0. The zero-order valence-corrected chi connectivity index (χ0v) is 16.6. The van der Waals surface area contributed by atoms with Gasteiger partial charge in [0.15, 0.2) is 0 Å². The lowest BCUT2D eigenvalue weighted by molar-refractivity contribution is -0.117. The molecule has 12 heteroatoms. The zero-order chi connectivity index (χ0) is 21.2. The Balaban J connectivity index is 2.30. The number of aromatic nitrogens is 2. The third kappa shape index (κ3) is 4.46. The Morgan fingerprint density at radius 3 is 2.43 bits per heavy atom. The molecule has 1 amide bonds. The van der Waals surface area contributed by atoms with Crippen molar-refractivity contribution >= 4 is 39.8 Å². The summed E-state index contributed by atoms with van der Waals surface area (Å²) in [5.41, 5.74) is -1.25. The van der Waals surface area contributed by atoms with Crippen LogP contribution in [0, 0.1) is 13.8 Å². The number of nitrogens with zero attached hydrogens (tertiary/aromatic N) is 2. The zero-order valence-electron chi connectivity index (χ0n) is 15.0. The number of thiophene rings is 1. The van der Waals surface area contributed by atoms with Crippen molar-refractivity contribution in [1.29, 1.82) is 0 Å². The first-order valence-electron chi connectivity index (χ1n) is 7.97. The first-order valence-corrected chi connectivity index (χ1v) is 9.17. The first-order chi connectivity index (χ1) is 13.1. The van der Waals surface area contributed by atoms with Crippen LogP contribution in [-0.4, -0.2) is 28.3 Å². The summed E-state index contributed by atoms with van der Waals surface area (Å²) in [4.78, 5) is 25.2. The Hall–Kier alpha value is -2.14. The highest BCUT2D eigenvalue weighted by molar-refractivity contribution is 7.16. The molecule has 0 fully saturated rings. The maximum atomic E-state index is 13.2. The summed E-state index contributed by atoms with van der Waals surface area (Å²) < 4.78 is 57.5. The van der Waals surface area contributed by atoms with Crippen molar-refractivity contribution in [2.45, 2.75) is 40.2 Å². The van der Waals surface area contributed by atoms with E-state index >= 15 is 0 Å². The van der Waals surface area contributed by atoms with Crippen molar-refractivity contribution in [1.82, 2.24) is 9.78 Å². The van der Waals surface area contributed by atoms with E-state index in [1.54, 1.807) is 20.8 Å².